The lowest BCUT2D eigenvalue weighted by Gasteiger charge is -2.16. The van der Waals surface area contributed by atoms with E-state index in [4.69, 9.17) is 6.48 Å². The second-order valence-corrected chi connectivity index (χ2v) is 3.38. The Morgan fingerprint density at radius 3 is 2.29 bits per heavy atom. The maximum Gasteiger partial charge on any atom is 0.311 e. The summed E-state index contributed by atoms with van der Waals surface area (Å²) in [7, 11) is 0. The number of hydrogen-bond donors (Lipinski definition) is 1. The molecule has 1 rings (SSSR count). The van der Waals surface area contributed by atoms with Crippen molar-refractivity contribution < 1.29 is 15.7 Å². The zero-order chi connectivity index (χ0) is 11.6. The third kappa shape index (κ3) is 2.31. The van der Waals surface area contributed by atoms with E-state index in [1.54, 1.807) is 13.8 Å². The van der Waals surface area contributed by atoms with Crippen molar-refractivity contribution >= 4 is 5.97 Å². The van der Waals surface area contributed by atoms with Gasteiger partial charge in [-0.1, -0.05) is 26.0 Å². The van der Waals surface area contributed by atoms with E-state index in [0.717, 1.165) is 0 Å². The molecule has 0 saturated heterocycles. The van der Waals surface area contributed by atoms with E-state index in [2.05, 4.69) is 0 Å². The topological polar surface area (TPSA) is 37.3 Å². The highest BCUT2D eigenvalue weighted by atomic mass is 19.1. The average molecular weight is 197 g/mol. The van der Waals surface area contributed by atoms with Crippen molar-refractivity contribution in [1.29, 1.82) is 0 Å². The summed E-state index contributed by atoms with van der Waals surface area (Å²) in [6.45, 7) is 3.31. The second kappa shape index (κ2) is 4.22. The van der Waals surface area contributed by atoms with Gasteiger partial charge in [0, 0.05) is 1.37 Å². The van der Waals surface area contributed by atoms with Crippen LogP contribution in [-0.2, 0) is 4.79 Å². The number of benzene rings is 1. The summed E-state index contributed by atoms with van der Waals surface area (Å²) in [6.07, 6.45) is 0. The second-order valence-electron chi connectivity index (χ2n) is 3.38. The van der Waals surface area contributed by atoms with Gasteiger partial charge in [0.25, 0.3) is 0 Å². The van der Waals surface area contributed by atoms with Crippen LogP contribution in [0.1, 0.15) is 26.7 Å². The maximum atomic E-state index is 12.7. The smallest absolute Gasteiger partial charge is 0.311 e. The molecule has 2 nitrogen and oxygen atoms in total. The molecular formula is C11H13FO2. The summed E-state index contributed by atoms with van der Waals surface area (Å²) >= 11 is 0. The van der Waals surface area contributed by atoms with Gasteiger partial charge in [0.15, 0.2) is 0 Å². The van der Waals surface area contributed by atoms with Gasteiger partial charge in [0.2, 0.25) is 0 Å². The fraction of sp³-hybridized carbons (Fsp3) is 0.364. The molecule has 3 heteroatoms. The Balaban J connectivity index is 3.22. The molecular weight excluding hydrogens is 183 g/mol. The van der Waals surface area contributed by atoms with Crippen LogP contribution >= 0.6 is 0 Å². The Bertz CT molecular complexity index is 361. The van der Waals surface area contributed by atoms with Crippen LogP contribution in [0.2, 0.25) is 0 Å². The fourth-order valence-corrected chi connectivity index (χ4v) is 1.33. The van der Waals surface area contributed by atoms with Gasteiger partial charge in [-0.2, -0.15) is 0 Å². The van der Waals surface area contributed by atoms with Crippen LogP contribution in [0.25, 0.3) is 0 Å². The van der Waals surface area contributed by atoms with Crippen molar-refractivity contribution in [3.8, 4) is 0 Å². The number of carboxylic acids is 1. The van der Waals surface area contributed by atoms with Crippen LogP contribution in [-0.4, -0.2) is 11.1 Å². The third-order valence-electron chi connectivity index (χ3n) is 1.96. The summed E-state index contributed by atoms with van der Waals surface area (Å²) in [5, 5.41) is 9.04. The van der Waals surface area contributed by atoms with Crippen LogP contribution in [0.4, 0.5) is 4.39 Å². The molecule has 1 N–H and O–H groups in total. The Labute approximate surface area is 83.8 Å². The van der Waals surface area contributed by atoms with Crippen LogP contribution in [0.5, 0.6) is 0 Å². The molecule has 1 aromatic rings. The molecule has 0 aliphatic carbocycles. The number of aliphatic carboxylic acids is 1. The van der Waals surface area contributed by atoms with Crippen molar-refractivity contribution in [3.63, 3.8) is 0 Å². The summed E-state index contributed by atoms with van der Waals surface area (Å²) in [4.78, 5) is 11.1. The van der Waals surface area contributed by atoms with E-state index in [1.807, 2.05) is 0 Å². The first kappa shape index (κ1) is 9.19. The van der Waals surface area contributed by atoms with Gasteiger partial charge >= 0.3 is 5.97 Å². The predicted molar refractivity (Wildman–Crippen MR) is 51.6 cm³/mol. The first-order chi connectivity index (χ1) is 6.89. The highest BCUT2D eigenvalue weighted by Gasteiger charge is 2.23. The van der Waals surface area contributed by atoms with Gasteiger partial charge < -0.3 is 5.11 Å². The molecule has 0 aliphatic rings. The van der Waals surface area contributed by atoms with Gasteiger partial charge in [-0.25, -0.2) is 4.39 Å². The molecule has 0 spiro atoms. The molecule has 0 heterocycles. The monoisotopic (exact) mass is 197 g/mol. The number of rotatable bonds is 3. The summed E-state index contributed by atoms with van der Waals surface area (Å²) < 4.78 is 20.6. The largest absolute Gasteiger partial charge is 0.481 e. The first-order valence-corrected chi connectivity index (χ1v) is 4.38. The molecule has 0 radical (unpaired) electrons. The molecule has 14 heavy (non-hydrogen) atoms. The average Bonchev–Trinajstić information content (AvgIpc) is 2.17. The Kier molecular flexibility index (Phi) is 2.77. The fourth-order valence-electron chi connectivity index (χ4n) is 1.33. The lowest BCUT2D eigenvalue weighted by molar-refractivity contribution is -0.139. The molecule has 76 valence electrons. The molecule has 1 atom stereocenters. The SMILES string of the molecule is [2H][C@@](C(=O)O)(c1ccc(F)cc1)C(C)C. The zero-order valence-corrected chi connectivity index (χ0v) is 8.12. The summed E-state index contributed by atoms with van der Waals surface area (Å²) in [5.74, 6) is -3.76. The van der Waals surface area contributed by atoms with Gasteiger partial charge in [-0.15, -0.1) is 0 Å². The van der Waals surface area contributed by atoms with Gasteiger partial charge in [-0.05, 0) is 23.6 Å². The maximum absolute atomic E-state index is 12.7. The summed E-state index contributed by atoms with van der Waals surface area (Å²) in [6, 6.07) is 5.03. The van der Waals surface area contributed by atoms with Crippen LogP contribution < -0.4 is 0 Å². The minimum atomic E-state index is -1.71. The zero-order valence-electron chi connectivity index (χ0n) is 9.12. The normalized spacial score (nSPS) is 16.1. The van der Waals surface area contributed by atoms with E-state index in [9.17, 15) is 9.18 Å². The number of halogens is 1. The minimum absolute atomic E-state index is 0.298. The van der Waals surface area contributed by atoms with Gasteiger partial charge in [-0.3, -0.25) is 4.79 Å². The number of carbonyl (C=O) groups is 1. The van der Waals surface area contributed by atoms with Crippen LogP contribution in [0.15, 0.2) is 24.3 Å². The van der Waals surface area contributed by atoms with E-state index in [0.29, 0.717) is 5.56 Å². The highest BCUT2D eigenvalue weighted by Crippen LogP contribution is 2.24. The Morgan fingerprint density at radius 2 is 1.93 bits per heavy atom. The highest BCUT2D eigenvalue weighted by molar-refractivity contribution is 5.76. The molecule has 0 amide bonds. The van der Waals surface area contributed by atoms with Gasteiger partial charge in [0.05, 0.1) is 5.89 Å². The van der Waals surface area contributed by atoms with Crippen LogP contribution in [0, 0.1) is 11.7 Å². The lowest BCUT2D eigenvalue weighted by Crippen LogP contribution is -2.17. The predicted octanol–water partition coefficient (Wildman–Crippen LogP) is 2.65. The number of hydrogen-bond acceptors (Lipinski definition) is 1. The molecule has 0 unspecified atom stereocenters. The molecule has 0 aliphatic heterocycles. The Hall–Kier alpha value is -1.38. The van der Waals surface area contributed by atoms with Crippen molar-refractivity contribution in [2.75, 3.05) is 0 Å². The van der Waals surface area contributed by atoms with Crippen molar-refractivity contribution in [1.82, 2.24) is 0 Å². The quantitative estimate of drug-likeness (QED) is 0.808. The van der Waals surface area contributed by atoms with Crippen molar-refractivity contribution in [2.24, 2.45) is 5.92 Å². The van der Waals surface area contributed by atoms with E-state index in [1.165, 1.54) is 24.3 Å². The molecule has 0 aromatic heterocycles. The molecule has 0 fully saturated rings. The third-order valence-corrected chi connectivity index (χ3v) is 1.96. The standard InChI is InChI=1S/C11H13FO2/c1-7(2)10(11(13)14)8-3-5-9(12)6-4-8/h3-7,10H,1-2H3,(H,13,14)/t10-/m0/s1/i10D. The number of carboxylic acid groups (broad SMARTS) is 1. The van der Waals surface area contributed by atoms with E-state index >= 15 is 0 Å². The minimum Gasteiger partial charge on any atom is -0.481 e. The lowest BCUT2D eigenvalue weighted by atomic mass is 9.89. The van der Waals surface area contributed by atoms with Crippen LogP contribution in [0.3, 0.4) is 0 Å². The Morgan fingerprint density at radius 1 is 1.43 bits per heavy atom. The molecule has 1 aromatic carbocycles. The summed E-state index contributed by atoms with van der Waals surface area (Å²) in [5.41, 5.74) is 0.298. The van der Waals surface area contributed by atoms with E-state index in [-0.39, 0.29) is 5.92 Å². The molecule has 0 saturated carbocycles. The molecule has 0 bridgehead atoms. The van der Waals surface area contributed by atoms with E-state index < -0.39 is 17.7 Å². The first-order valence-electron chi connectivity index (χ1n) is 4.88. The van der Waals surface area contributed by atoms with Crippen molar-refractivity contribution in [3.05, 3.63) is 35.6 Å². The van der Waals surface area contributed by atoms with Crippen molar-refractivity contribution in [2.45, 2.75) is 19.7 Å². The van der Waals surface area contributed by atoms with Gasteiger partial charge in [0.1, 0.15) is 5.82 Å².